The van der Waals surface area contributed by atoms with Gasteiger partial charge < -0.3 is 5.32 Å². The average molecular weight is 453 g/mol. The minimum Gasteiger partial charge on any atom is -0.322 e. The molecule has 32 heavy (non-hydrogen) atoms. The molecular weight excluding hydrogens is 439 g/mol. The van der Waals surface area contributed by atoms with Crippen molar-refractivity contribution < 1.29 is 14.1 Å². The fraction of sp³-hybridized carbons (Fsp3) is 0.0455. The third-order valence-electron chi connectivity index (χ3n) is 4.75. The molecule has 0 atom stereocenters. The van der Waals surface area contributed by atoms with Gasteiger partial charge in [0.2, 0.25) is 5.82 Å². The Morgan fingerprint density at radius 1 is 1.16 bits per heavy atom. The van der Waals surface area contributed by atoms with Gasteiger partial charge in [-0.15, -0.1) is 0 Å². The van der Waals surface area contributed by atoms with E-state index in [1.54, 1.807) is 36.4 Å². The number of nitro benzene ring substituents is 1. The first kappa shape index (κ1) is 21.1. The molecule has 0 aliphatic heterocycles. The van der Waals surface area contributed by atoms with Crippen LogP contribution >= 0.6 is 11.6 Å². The molecule has 2 heterocycles. The highest BCUT2D eigenvalue weighted by molar-refractivity contribution is 6.30. The number of nitrogens with zero attached hydrogens (tertiary/aromatic N) is 3. The molecule has 1 N–H and O–H groups in total. The second kappa shape index (κ2) is 8.56. The van der Waals surface area contributed by atoms with Gasteiger partial charge in [0, 0.05) is 28.4 Å². The lowest BCUT2D eigenvalue weighted by Gasteiger charge is -2.12. The molecule has 0 saturated carbocycles. The maximum absolute atomic E-state index is 13.6. The normalized spacial score (nSPS) is 10.8. The van der Waals surface area contributed by atoms with Crippen molar-refractivity contribution in [3.05, 3.63) is 109 Å². The zero-order valence-corrected chi connectivity index (χ0v) is 17.0. The molecular formula is C22H14ClFN4O4. The lowest BCUT2D eigenvalue weighted by molar-refractivity contribution is -0.387. The summed E-state index contributed by atoms with van der Waals surface area (Å²) in [6.07, 6.45) is 1.54. The number of halogens is 2. The molecule has 0 fully saturated rings. The quantitative estimate of drug-likeness (QED) is 0.357. The number of nitro groups is 1. The van der Waals surface area contributed by atoms with Crippen molar-refractivity contribution in [2.45, 2.75) is 6.54 Å². The van der Waals surface area contributed by atoms with Crippen LogP contribution in [0.1, 0.15) is 15.9 Å². The Bertz CT molecular complexity index is 1420. The van der Waals surface area contributed by atoms with E-state index in [1.165, 1.54) is 22.9 Å². The third kappa shape index (κ3) is 4.19. The molecule has 0 unspecified atom stereocenters. The Morgan fingerprint density at radius 2 is 1.91 bits per heavy atom. The Hall–Kier alpha value is -4.11. The molecule has 2 aromatic heterocycles. The number of benzene rings is 2. The Balaban J connectivity index is 1.76. The van der Waals surface area contributed by atoms with Gasteiger partial charge in [0.1, 0.15) is 11.2 Å². The van der Waals surface area contributed by atoms with Gasteiger partial charge in [0.05, 0.1) is 11.5 Å². The van der Waals surface area contributed by atoms with Crippen LogP contribution in [0.15, 0.2) is 71.7 Å². The molecule has 0 spiro atoms. The lowest BCUT2D eigenvalue weighted by Crippen LogP contribution is -2.30. The summed E-state index contributed by atoms with van der Waals surface area (Å²) in [6.45, 7) is 0.145. The number of nitrogens with one attached hydrogen (secondary N) is 1. The molecule has 0 radical (unpaired) electrons. The summed E-state index contributed by atoms with van der Waals surface area (Å²) in [6, 6.07) is 14.6. The Labute approximate surface area is 185 Å². The van der Waals surface area contributed by atoms with Crippen molar-refractivity contribution in [3.8, 4) is 0 Å². The fourth-order valence-corrected chi connectivity index (χ4v) is 3.34. The highest BCUT2D eigenvalue weighted by Crippen LogP contribution is 2.22. The lowest BCUT2D eigenvalue weighted by atomic mass is 10.1. The van der Waals surface area contributed by atoms with Gasteiger partial charge in [-0.2, -0.15) is 4.39 Å². The van der Waals surface area contributed by atoms with Crippen LogP contribution in [0.3, 0.4) is 0 Å². The summed E-state index contributed by atoms with van der Waals surface area (Å²) in [5.74, 6) is -1.82. The van der Waals surface area contributed by atoms with Crippen molar-refractivity contribution in [2.24, 2.45) is 0 Å². The fourth-order valence-electron chi connectivity index (χ4n) is 3.22. The number of anilines is 1. The van der Waals surface area contributed by atoms with E-state index in [9.17, 15) is 24.1 Å². The molecule has 0 aliphatic carbocycles. The molecule has 0 saturated heterocycles. The second-order valence-electron chi connectivity index (χ2n) is 6.87. The summed E-state index contributed by atoms with van der Waals surface area (Å²) < 4.78 is 14.9. The van der Waals surface area contributed by atoms with Gasteiger partial charge in [-0.3, -0.25) is 24.3 Å². The number of amides is 1. The Morgan fingerprint density at radius 3 is 2.62 bits per heavy atom. The molecule has 0 aliphatic rings. The number of aromatic nitrogens is 2. The van der Waals surface area contributed by atoms with Gasteiger partial charge in [0.15, 0.2) is 0 Å². The van der Waals surface area contributed by atoms with E-state index < -0.39 is 27.9 Å². The Kier molecular flexibility index (Phi) is 5.65. The van der Waals surface area contributed by atoms with Crippen molar-refractivity contribution in [1.82, 2.24) is 9.55 Å². The maximum Gasteiger partial charge on any atom is 0.306 e. The zero-order valence-electron chi connectivity index (χ0n) is 16.3. The van der Waals surface area contributed by atoms with Crippen LogP contribution in [0.2, 0.25) is 5.02 Å². The van der Waals surface area contributed by atoms with Crippen molar-refractivity contribution >= 4 is 39.9 Å². The zero-order chi connectivity index (χ0) is 22.8. The van der Waals surface area contributed by atoms with E-state index >= 15 is 0 Å². The summed E-state index contributed by atoms with van der Waals surface area (Å²) in [5.41, 5.74) is -0.424. The first-order chi connectivity index (χ1) is 15.3. The van der Waals surface area contributed by atoms with E-state index in [0.29, 0.717) is 16.1 Å². The largest absolute Gasteiger partial charge is 0.322 e. The van der Waals surface area contributed by atoms with E-state index in [2.05, 4.69) is 10.3 Å². The van der Waals surface area contributed by atoms with Gasteiger partial charge in [-0.05, 0) is 48.0 Å². The number of fused-ring (bicyclic) bond motifs is 1. The summed E-state index contributed by atoms with van der Waals surface area (Å²) in [4.78, 5) is 40.4. The average Bonchev–Trinajstić information content (AvgIpc) is 2.78. The predicted octanol–water partition coefficient (Wildman–Crippen LogP) is 4.40. The second-order valence-corrected chi connectivity index (χ2v) is 7.31. The van der Waals surface area contributed by atoms with Crippen LogP contribution in [0.5, 0.6) is 0 Å². The highest BCUT2D eigenvalue weighted by Gasteiger charge is 2.19. The number of carbonyl (C=O) groups is 1. The highest BCUT2D eigenvalue weighted by atomic mass is 35.5. The monoisotopic (exact) mass is 452 g/mol. The standard InChI is InChI=1S/C22H14ClFN4O4/c23-15-5-3-13(4-6-15)12-27-20-14(2-1-9-25-20)10-17(22(27)30)21(29)26-16-7-8-18(24)19(11-16)28(31)32/h1-11H,12H2,(H,26,29). The van der Waals surface area contributed by atoms with E-state index in [0.717, 1.165) is 17.7 Å². The van der Waals surface area contributed by atoms with Crippen LogP contribution in [-0.4, -0.2) is 20.4 Å². The van der Waals surface area contributed by atoms with Crippen molar-refractivity contribution in [1.29, 1.82) is 0 Å². The summed E-state index contributed by atoms with van der Waals surface area (Å²) in [7, 11) is 0. The van der Waals surface area contributed by atoms with Crippen molar-refractivity contribution in [3.63, 3.8) is 0 Å². The predicted molar refractivity (Wildman–Crippen MR) is 118 cm³/mol. The molecule has 0 bridgehead atoms. The van der Waals surface area contributed by atoms with Crippen LogP contribution in [0, 0.1) is 15.9 Å². The number of pyridine rings is 2. The molecule has 8 nitrogen and oxygen atoms in total. The minimum absolute atomic E-state index is 0.0157. The maximum atomic E-state index is 13.6. The topological polar surface area (TPSA) is 107 Å². The van der Waals surface area contributed by atoms with Crippen LogP contribution in [-0.2, 0) is 6.54 Å². The van der Waals surface area contributed by atoms with Crippen molar-refractivity contribution in [2.75, 3.05) is 5.32 Å². The molecule has 2 aromatic carbocycles. The first-order valence-electron chi connectivity index (χ1n) is 9.32. The summed E-state index contributed by atoms with van der Waals surface area (Å²) in [5, 5.41) is 14.5. The minimum atomic E-state index is -1.03. The van der Waals surface area contributed by atoms with Gasteiger partial charge in [-0.1, -0.05) is 23.7 Å². The molecule has 160 valence electrons. The smallest absolute Gasteiger partial charge is 0.306 e. The van der Waals surface area contributed by atoms with Crippen LogP contribution in [0.25, 0.3) is 11.0 Å². The number of carbonyl (C=O) groups excluding carboxylic acids is 1. The van der Waals surface area contributed by atoms with E-state index in [4.69, 9.17) is 11.6 Å². The molecule has 10 heteroatoms. The van der Waals surface area contributed by atoms with Gasteiger partial charge in [0.25, 0.3) is 11.5 Å². The molecule has 4 rings (SSSR count). The third-order valence-corrected chi connectivity index (χ3v) is 5.00. The number of hydrogen-bond donors (Lipinski definition) is 1. The van der Waals surface area contributed by atoms with E-state index in [1.807, 2.05) is 0 Å². The number of hydrogen-bond acceptors (Lipinski definition) is 5. The van der Waals surface area contributed by atoms with Crippen LogP contribution < -0.4 is 10.9 Å². The summed E-state index contributed by atoms with van der Waals surface area (Å²) >= 11 is 5.93. The van der Waals surface area contributed by atoms with E-state index in [-0.39, 0.29) is 17.8 Å². The van der Waals surface area contributed by atoms with Gasteiger partial charge in [-0.25, -0.2) is 4.98 Å². The van der Waals surface area contributed by atoms with Crippen LogP contribution in [0.4, 0.5) is 15.8 Å². The van der Waals surface area contributed by atoms with Gasteiger partial charge >= 0.3 is 5.69 Å². The molecule has 4 aromatic rings. The first-order valence-corrected chi connectivity index (χ1v) is 9.69. The SMILES string of the molecule is O=C(Nc1ccc(F)c([N+](=O)[O-])c1)c1cc2cccnc2n(Cc2ccc(Cl)cc2)c1=O. The number of rotatable bonds is 5. The molecule has 1 amide bonds.